The van der Waals surface area contributed by atoms with Gasteiger partial charge in [-0.3, -0.25) is 10.0 Å². The van der Waals surface area contributed by atoms with E-state index in [0.29, 0.717) is 5.75 Å². The van der Waals surface area contributed by atoms with Crippen molar-refractivity contribution in [3.8, 4) is 0 Å². The van der Waals surface area contributed by atoms with Gasteiger partial charge >= 0.3 is 0 Å². The van der Waals surface area contributed by atoms with Gasteiger partial charge in [0.15, 0.2) is 0 Å². The van der Waals surface area contributed by atoms with Gasteiger partial charge in [0.25, 0.3) is 5.91 Å². The molecule has 1 fully saturated rings. The molecule has 1 aliphatic heterocycles. The molecule has 118 valence electrons. The Morgan fingerprint density at radius 2 is 1.95 bits per heavy atom. The van der Waals surface area contributed by atoms with E-state index in [1.165, 1.54) is 48.7 Å². The number of rotatable bonds is 3. The largest absolute Gasteiger partial charge is 0.306 e. The molecule has 1 aliphatic rings. The topological polar surface area (TPSA) is 52.6 Å². The highest BCUT2D eigenvalue weighted by Crippen LogP contribution is 2.28. The lowest BCUT2D eigenvalue weighted by atomic mass is 9.90. The van der Waals surface area contributed by atoms with Crippen molar-refractivity contribution < 1.29 is 10.0 Å². The fourth-order valence-corrected chi connectivity index (χ4v) is 2.69. The molecule has 6 heteroatoms. The van der Waals surface area contributed by atoms with Crippen LogP contribution in [0.15, 0.2) is 24.3 Å². The van der Waals surface area contributed by atoms with Gasteiger partial charge in [-0.2, -0.15) is 11.8 Å². The fraction of sp³-hybridized carbons (Fsp3) is 0.533. The molecule has 1 heterocycles. The Labute approximate surface area is 135 Å². The first-order chi connectivity index (χ1) is 10.1. The van der Waals surface area contributed by atoms with Gasteiger partial charge < -0.3 is 4.90 Å². The number of halogens is 1. The minimum atomic E-state index is -0.354. The van der Waals surface area contributed by atoms with Gasteiger partial charge in [-0.25, -0.2) is 5.48 Å². The van der Waals surface area contributed by atoms with Gasteiger partial charge in [0.1, 0.15) is 0 Å². The van der Waals surface area contributed by atoms with Gasteiger partial charge in [0.05, 0.1) is 5.75 Å². The summed E-state index contributed by atoms with van der Waals surface area (Å²) in [6.45, 7) is 2.43. The third-order valence-corrected chi connectivity index (χ3v) is 4.26. The zero-order valence-electron chi connectivity index (χ0n) is 12.5. The summed E-state index contributed by atoms with van der Waals surface area (Å²) in [6, 6.07) is 8.32. The third-order valence-electron chi connectivity index (χ3n) is 3.46. The van der Waals surface area contributed by atoms with Crippen LogP contribution in [0.2, 0.25) is 5.02 Å². The molecule has 21 heavy (non-hydrogen) atoms. The second-order valence-electron chi connectivity index (χ2n) is 5.10. The molecule has 4 nitrogen and oxygen atoms in total. The molecule has 0 aromatic heterocycles. The number of thioether (sulfide) groups is 1. The van der Waals surface area contributed by atoms with Crippen molar-refractivity contribution in [3.05, 3.63) is 34.9 Å². The second kappa shape index (κ2) is 10.1. The van der Waals surface area contributed by atoms with Crippen LogP contribution in [0.25, 0.3) is 0 Å². The number of hydrogen-bond donors (Lipinski definition) is 2. The lowest BCUT2D eigenvalue weighted by Crippen LogP contribution is -2.29. The van der Waals surface area contributed by atoms with Crippen molar-refractivity contribution in [1.82, 2.24) is 10.4 Å². The zero-order chi connectivity index (χ0) is 15.7. The normalized spacial score (nSPS) is 16.0. The van der Waals surface area contributed by atoms with Crippen LogP contribution < -0.4 is 5.48 Å². The summed E-state index contributed by atoms with van der Waals surface area (Å²) in [5.41, 5.74) is 2.95. The van der Waals surface area contributed by atoms with Crippen molar-refractivity contribution in [2.75, 3.05) is 32.1 Å². The fourth-order valence-electron chi connectivity index (χ4n) is 2.24. The lowest BCUT2D eigenvalue weighted by Gasteiger charge is -2.29. The maximum absolute atomic E-state index is 10.0. The number of amides is 1. The van der Waals surface area contributed by atoms with Crippen LogP contribution in [0, 0.1) is 0 Å². The maximum atomic E-state index is 10.0. The van der Waals surface area contributed by atoms with Crippen LogP contribution in [-0.4, -0.2) is 48.2 Å². The summed E-state index contributed by atoms with van der Waals surface area (Å²) in [5, 5.41) is 8.69. The number of benzene rings is 1. The minimum Gasteiger partial charge on any atom is -0.306 e. The minimum absolute atomic E-state index is 0.316. The SMILES string of the molecule is CN1CCC(c2ccc(Cl)cc2)CC1.CSCC(=O)NO. The van der Waals surface area contributed by atoms with Crippen LogP contribution in [0.1, 0.15) is 24.3 Å². The molecular weight excluding hydrogens is 308 g/mol. The summed E-state index contributed by atoms with van der Waals surface area (Å²) >= 11 is 7.23. The van der Waals surface area contributed by atoms with Crippen LogP contribution in [0.5, 0.6) is 0 Å². The van der Waals surface area contributed by atoms with E-state index in [9.17, 15) is 4.79 Å². The number of carbonyl (C=O) groups is 1. The first-order valence-electron chi connectivity index (χ1n) is 6.92. The van der Waals surface area contributed by atoms with Crippen LogP contribution in [-0.2, 0) is 4.79 Å². The molecule has 0 bridgehead atoms. The average Bonchev–Trinajstić information content (AvgIpc) is 2.50. The zero-order valence-corrected chi connectivity index (χ0v) is 14.1. The van der Waals surface area contributed by atoms with Gasteiger partial charge in [0.2, 0.25) is 0 Å². The van der Waals surface area contributed by atoms with Crippen LogP contribution >= 0.6 is 23.4 Å². The van der Waals surface area contributed by atoms with E-state index < -0.39 is 0 Å². The van der Waals surface area contributed by atoms with Crippen molar-refractivity contribution in [2.45, 2.75) is 18.8 Å². The highest BCUT2D eigenvalue weighted by Gasteiger charge is 2.17. The molecule has 0 unspecified atom stereocenters. The molecule has 0 atom stereocenters. The summed E-state index contributed by atoms with van der Waals surface area (Å²) in [5.74, 6) is 0.701. The number of piperidine rings is 1. The van der Waals surface area contributed by atoms with Crippen LogP contribution in [0.4, 0.5) is 0 Å². The van der Waals surface area contributed by atoms with Gasteiger partial charge in [0, 0.05) is 5.02 Å². The molecule has 1 aromatic carbocycles. The predicted octanol–water partition coefficient (Wildman–Crippen LogP) is 3.00. The monoisotopic (exact) mass is 330 g/mol. The summed E-state index contributed by atoms with van der Waals surface area (Å²) in [4.78, 5) is 12.4. The number of nitrogens with zero attached hydrogens (tertiary/aromatic N) is 1. The van der Waals surface area contributed by atoms with E-state index >= 15 is 0 Å². The maximum Gasteiger partial charge on any atom is 0.253 e. The van der Waals surface area contributed by atoms with E-state index in [-0.39, 0.29) is 5.91 Å². The number of hydrogen-bond acceptors (Lipinski definition) is 4. The van der Waals surface area contributed by atoms with Gasteiger partial charge in [-0.05, 0) is 62.8 Å². The molecule has 2 N–H and O–H groups in total. The quantitative estimate of drug-likeness (QED) is 0.661. The first kappa shape index (κ1) is 18.3. The number of likely N-dealkylation sites (tertiary alicyclic amines) is 1. The van der Waals surface area contributed by atoms with Gasteiger partial charge in [-0.15, -0.1) is 0 Å². The number of carbonyl (C=O) groups excluding carboxylic acids is 1. The molecular formula is C15H23ClN2O2S. The summed E-state index contributed by atoms with van der Waals surface area (Å²) < 4.78 is 0. The smallest absolute Gasteiger partial charge is 0.253 e. The molecule has 1 amide bonds. The Bertz CT molecular complexity index is 420. The van der Waals surface area contributed by atoms with E-state index in [2.05, 4.69) is 24.1 Å². The molecule has 1 aromatic rings. The molecule has 0 saturated carbocycles. The third kappa shape index (κ3) is 7.18. The average molecular weight is 331 g/mol. The molecule has 1 saturated heterocycles. The molecule has 2 rings (SSSR count). The van der Waals surface area contributed by atoms with Crippen molar-refractivity contribution in [1.29, 1.82) is 0 Å². The second-order valence-corrected chi connectivity index (χ2v) is 6.40. The van der Waals surface area contributed by atoms with E-state index in [1.54, 1.807) is 6.26 Å². The number of hydroxylamine groups is 1. The number of nitrogens with one attached hydrogen (secondary N) is 1. The Hall–Kier alpha value is -0.750. The Balaban J connectivity index is 0.000000270. The molecule has 0 aliphatic carbocycles. The Kier molecular flexibility index (Phi) is 8.76. The Morgan fingerprint density at radius 1 is 1.38 bits per heavy atom. The van der Waals surface area contributed by atoms with E-state index in [4.69, 9.17) is 16.8 Å². The van der Waals surface area contributed by atoms with Crippen molar-refractivity contribution in [3.63, 3.8) is 0 Å². The summed E-state index contributed by atoms with van der Waals surface area (Å²) in [7, 11) is 2.19. The highest BCUT2D eigenvalue weighted by molar-refractivity contribution is 7.99. The highest BCUT2D eigenvalue weighted by atomic mass is 35.5. The Morgan fingerprint density at radius 3 is 2.38 bits per heavy atom. The van der Waals surface area contributed by atoms with Crippen LogP contribution in [0.3, 0.4) is 0 Å². The lowest BCUT2D eigenvalue weighted by molar-refractivity contribution is -0.126. The van der Waals surface area contributed by atoms with E-state index in [1.807, 2.05) is 12.1 Å². The summed E-state index contributed by atoms with van der Waals surface area (Å²) in [6.07, 6.45) is 4.34. The standard InChI is InChI=1S/C12H16ClN.C3H7NO2S/c1-14-8-6-11(7-9-14)10-2-4-12(13)5-3-10;1-7-2-3(5)4-6/h2-5,11H,6-9H2,1H3;6H,2H2,1H3,(H,4,5). The first-order valence-corrected chi connectivity index (χ1v) is 8.70. The molecule has 0 radical (unpaired) electrons. The van der Waals surface area contributed by atoms with E-state index in [0.717, 1.165) is 10.9 Å². The van der Waals surface area contributed by atoms with Crippen molar-refractivity contribution in [2.24, 2.45) is 0 Å². The van der Waals surface area contributed by atoms with Gasteiger partial charge in [-0.1, -0.05) is 23.7 Å². The predicted molar refractivity (Wildman–Crippen MR) is 89.2 cm³/mol. The van der Waals surface area contributed by atoms with Crippen molar-refractivity contribution >= 4 is 29.3 Å². The molecule has 0 spiro atoms.